The molecule has 0 saturated carbocycles. The lowest BCUT2D eigenvalue weighted by molar-refractivity contribution is 0.0746. The highest BCUT2D eigenvalue weighted by molar-refractivity contribution is 7.18. The Hall–Kier alpha value is -2.67. The molecule has 4 rings (SSSR count). The molecule has 1 saturated heterocycles. The highest BCUT2D eigenvalue weighted by Crippen LogP contribution is 2.32. The van der Waals surface area contributed by atoms with Crippen LogP contribution in [-0.2, 0) is 6.42 Å². The fraction of sp³-hybridized carbons (Fsp3) is 0.381. The Morgan fingerprint density at radius 2 is 1.86 bits per heavy atom. The number of thiophene rings is 1. The molecule has 2 aromatic heterocycles. The van der Waals surface area contributed by atoms with Crippen molar-refractivity contribution in [3.8, 4) is 5.75 Å². The van der Waals surface area contributed by atoms with E-state index in [9.17, 15) is 4.79 Å². The van der Waals surface area contributed by atoms with Crippen LogP contribution in [0.15, 0.2) is 30.3 Å². The predicted molar refractivity (Wildman–Crippen MR) is 113 cm³/mol. The van der Waals surface area contributed by atoms with Crippen LogP contribution in [0, 0.1) is 6.92 Å². The van der Waals surface area contributed by atoms with E-state index in [4.69, 9.17) is 9.72 Å². The molecule has 1 amide bonds. The van der Waals surface area contributed by atoms with Crippen molar-refractivity contribution in [1.82, 2.24) is 14.9 Å². The summed E-state index contributed by atoms with van der Waals surface area (Å²) in [5.74, 6) is 2.61. The average Bonchev–Trinajstić information content (AvgIpc) is 3.16. The maximum absolute atomic E-state index is 12.8. The molecule has 3 heterocycles. The number of piperazine rings is 1. The lowest BCUT2D eigenvalue weighted by atomic mass is 10.1. The number of aromatic nitrogens is 2. The van der Waals surface area contributed by atoms with Gasteiger partial charge in [-0.2, -0.15) is 0 Å². The smallest absolute Gasteiger partial charge is 0.253 e. The summed E-state index contributed by atoms with van der Waals surface area (Å²) in [4.78, 5) is 28.7. The number of hydrogen-bond donors (Lipinski definition) is 0. The molecule has 7 heteroatoms. The van der Waals surface area contributed by atoms with Gasteiger partial charge in [0.1, 0.15) is 22.2 Å². The summed E-state index contributed by atoms with van der Waals surface area (Å²) in [6.07, 6.45) is 1.00. The first-order valence-corrected chi connectivity index (χ1v) is 10.4. The SMILES string of the molecule is CCc1cc2c(N3CCN(C(=O)c4ccc(OC)cc4)CC3)nc(C)nc2s1. The van der Waals surface area contributed by atoms with Gasteiger partial charge in [-0.25, -0.2) is 9.97 Å². The summed E-state index contributed by atoms with van der Waals surface area (Å²) >= 11 is 1.74. The zero-order chi connectivity index (χ0) is 19.7. The zero-order valence-corrected chi connectivity index (χ0v) is 17.3. The highest BCUT2D eigenvalue weighted by Gasteiger charge is 2.25. The zero-order valence-electron chi connectivity index (χ0n) is 16.4. The molecule has 0 N–H and O–H groups in total. The van der Waals surface area contributed by atoms with Crippen LogP contribution in [0.25, 0.3) is 10.2 Å². The topological polar surface area (TPSA) is 58.6 Å². The minimum atomic E-state index is 0.0649. The van der Waals surface area contributed by atoms with Gasteiger partial charge >= 0.3 is 0 Å². The number of ether oxygens (including phenoxy) is 1. The van der Waals surface area contributed by atoms with E-state index in [-0.39, 0.29) is 5.91 Å². The number of anilines is 1. The molecule has 0 atom stereocenters. The normalized spacial score (nSPS) is 14.5. The van der Waals surface area contributed by atoms with Crippen LogP contribution in [-0.4, -0.2) is 54.1 Å². The van der Waals surface area contributed by atoms with E-state index >= 15 is 0 Å². The monoisotopic (exact) mass is 396 g/mol. The second-order valence-corrected chi connectivity index (χ2v) is 8.00. The van der Waals surface area contributed by atoms with Gasteiger partial charge in [0.15, 0.2) is 0 Å². The fourth-order valence-corrected chi connectivity index (χ4v) is 4.52. The number of aryl methyl sites for hydroxylation is 2. The van der Waals surface area contributed by atoms with Crippen LogP contribution in [0.1, 0.15) is 28.0 Å². The van der Waals surface area contributed by atoms with Gasteiger partial charge in [0.05, 0.1) is 12.5 Å². The lowest BCUT2D eigenvalue weighted by Gasteiger charge is -2.35. The Bertz CT molecular complexity index is 992. The van der Waals surface area contributed by atoms with Gasteiger partial charge in [0.2, 0.25) is 0 Å². The maximum Gasteiger partial charge on any atom is 0.253 e. The summed E-state index contributed by atoms with van der Waals surface area (Å²) in [6.45, 7) is 7.00. The van der Waals surface area contributed by atoms with Crippen LogP contribution in [0.4, 0.5) is 5.82 Å². The van der Waals surface area contributed by atoms with Crippen LogP contribution in [0.5, 0.6) is 5.75 Å². The average molecular weight is 397 g/mol. The van der Waals surface area contributed by atoms with E-state index in [0.717, 1.165) is 47.1 Å². The van der Waals surface area contributed by atoms with Crippen LogP contribution in [0.2, 0.25) is 0 Å². The Morgan fingerprint density at radius 1 is 1.14 bits per heavy atom. The molecule has 3 aromatic rings. The third-order valence-electron chi connectivity index (χ3n) is 5.09. The van der Waals surface area contributed by atoms with E-state index < -0.39 is 0 Å². The number of amides is 1. The molecule has 6 nitrogen and oxygen atoms in total. The van der Waals surface area contributed by atoms with Crippen molar-refractivity contribution in [2.75, 3.05) is 38.2 Å². The molecule has 0 radical (unpaired) electrons. The van der Waals surface area contributed by atoms with Crippen LogP contribution < -0.4 is 9.64 Å². The fourth-order valence-electron chi connectivity index (χ4n) is 3.51. The van der Waals surface area contributed by atoms with Gasteiger partial charge in [0.25, 0.3) is 5.91 Å². The molecule has 28 heavy (non-hydrogen) atoms. The van der Waals surface area contributed by atoms with E-state index in [1.165, 1.54) is 4.88 Å². The molecule has 1 aromatic carbocycles. The summed E-state index contributed by atoms with van der Waals surface area (Å²) < 4.78 is 5.17. The van der Waals surface area contributed by atoms with Crippen molar-refractivity contribution >= 4 is 33.3 Å². The number of methoxy groups -OCH3 is 1. The van der Waals surface area contributed by atoms with E-state index in [0.29, 0.717) is 18.7 Å². The second-order valence-electron chi connectivity index (χ2n) is 6.89. The number of rotatable bonds is 4. The molecule has 0 spiro atoms. The second kappa shape index (κ2) is 7.75. The first-order valence-electron chi connectivity index (χ1n) is 9.54. The summed E-state index contributed by atoms with van der Waals surface area (Å²) in [5.41, 5.74) is 0.694. The molecule has 1 fully saturated rings. The summed E-state index contributed by atoms with van der Waals surface area (Å²) in [7, 11) is 1.62. The molecule has 1 aliphatic rings. The van der Waals surface area contributed by atoms with Gasteiger partial charge in [-0.3, -0.25) is 4.79 Å². The number of fused-ring (bicyclic) bond motifs is 1. The van der Waals surface area contributed by atoms with E-state index in [2.05, 4.69) is 22.9 Å². The first kappa shape index (κ1) is 18.7. The molecule has 146 valence electrons. The minimum Gasteiger partial charge on any atom is -0.497 e. The van der Waals surface area contributed by atoms with Gasteiger partial charge in [-0.1, -0.05) is 6.92 Å². The van der Waals surface area contributed by atoms with E-state index in [1.807, 2.05) is 36.1 Å². The third kappa shape index (κ3) is 3.54. The number of carbonyl (C=O) groups is 1. The molecule has 0 unspecified atom stereocenters. The molecular weight excluding hydrogens is 372 g/mol. The maximum atomic E-state index is 12.8. The van der Waals surface area contributed by atoms with Gasteiger partial charge in [0, 0.05) is 36.6 Å². The highest BCUT2D eigenvalue weighted by atomic mass is 32.1. The van der Waals surface area contributed by atoms with Gasteiger partial charge in [-0.05, 0) is 43.7 Å². The van der Waals surface area contributed by atoms with Crippen LogP contribution in [0.3, 0.4) is 0 Å². The lowest BCUT2D eigenvalue weighted by Crippen LogP contribution is -2.49. The standard InChI is InChI=1S/C21H24N4O2S/c1-4-17-13-18-19(22-14(2)23-20(18)28-17)24-9-11-25(12-10-24)21(26)15-5-7-16(27-3)8-6-15/h5-8,13H,4,9-12H2,1-3H3. The van der Waals surface area contributed by atoms with E-state index in [1.54, 1.807) is 18.4 Å². The van der Waals surface area contributed by atoms with Crippen molar-refractivity contribution in [3.05, 3.63) is 46.6 Å². The Balaban J connectivity index is 1.50. The predicted octanol–water partition coefficient (Wildman–Crippen LogP) is 3.53. The Morgan fingerprint density at radius 3 is 2.50 bits per heavy atom. The number of nitrogens with zero attached hydrogens (tertiary/aromatic N) is 4. The third-order valence-corrected chi connectivity index (χ3v) is 6.26. The van der Waals surface area contributed by atoms with Gasteiger partial charge < -0.3 is 14.5 Å². The molecule has 0 aliphatic carbocycles. The van der Waals surface area contributed by atoms with Crippen molar-refractivity contribution in [2.24, 2.45) is 0 Å². The molecule has 1 aliphatic heterocycles. The van der Waals surface area contributed by atoms with Crippen molar-refractivity contribution in [2.45, 2.75) is 20.3 Å². The van der Waals surface area contributed by atoms with Crippen molar-refractivity contribution in [1.29, 1.82) is 0 Å². The quantitative estimate of drug-likeness (QED) is 0.675. The summed E-state index contributed by atoms with van der Waals surface area (Å²) in [6, 6.07) is 9.51. The van der Waals surface area contributed by atoms with Crippen molar-refractivity contribution in [3.63, 3.8) is 0 Å². The largest absolute Gasteiger partial charge is 0.497 e. The van der Waals surface area contributed by atoms with Crippen LogP contribution >= 0.6 is 11.3 Å². The molecular formula is C21H24N4O2S. The number of carbonyl (C=O) groups excluding carboxylic acids is 1. The first-order chi connectivity index (χ1) is 13.6. The molecule has 0 bridgehead atoms. The van der Waals surface area contributed by atoms with Gasteiger partial charge in [-0.15, -0.1) is 11.3 Å². The summed E-state index contributed by atoms with van der Waals surface area (Å²) in [5, 5.41) is 1.13. The Labute approximate surface area is 168 Å². The Kier molecular flexibility index (Phi) is 5.17. The number of hydrogen-bond acceptors (Lipinski definition) is 6. The minimum absolute atomic E-state index is 0.0649. The van der Waals surface area contributed by atoms with Crippen molar-refractivity contribution < 1.29 is 9.53 Å². The number of benzene rings is 1.